The smallest absolute Gasteiger partial charge is 0.230 e. The molecule has 0 aliphatic heterocycles. The van der Waals surface area contributed by atoms with Crippen molar-refractivity contribution < 1.29 is 14.2 Å². The third kappa shape index (κ3) is 4.82. The van der Waals surface area contributed by atoms with Gasteiger partial charge in [-0.3, -0.25) is 9.59 Å². The zero-order chi connectivity index (χ0) is 27.6. The van der Waals surface area contributed by atoms with Crippen LogP contribution in [-0.2, 0) is 4.57 Å². The maximum Gasteiger partial charge on any atom is 0.230 e. The summed E-state index contributed by atoms with van der Waals surface area (Å²) < 4.78 is 15.3. The highest BCUT2D eigenvalue weighted by molar-refractivity contribution is 7.93. The van der Waals surface area contributed by atoms with Gasteiger partial charge < -0.3 is 4.57 Å². The molecule has 5 aromatic carbocycles. The molecule has 0 N–H and O–H groups in total. The first-order valence-electron chi connectivity index (χ1n) is 12.9. The van der Waals surface area contributed by atoms with Crippen molar-refractivity contribution in [1.82, 2.24) is 0 Å². The molecule has 0 aromatic heterocycles. The van der Waals surface area contributed by atoms with E-state index in [1.165, 1.54) is 0 Å². The Balaban J connectivity index is 1.85. The fourth-order valence-corrected chi connectivity index (χ4v) is 8.04. The van der Waals surface area contributed by atoms with Crippen LogP contribution in [-0.4, -0.2) is 11.3 Å². The van der Waals surface area contributed by atoms with E-state index in [9.17, 15) is 9.59 Å². The summed E-state index contributed by atoms with van der Waals surface area (Å²) in [6.45, 7) is 5.88. The second-order valence-corrected chi connectivity index (χ2v) is 12.4. The van der Waals surface area contributed by atoms with Gasteiger partial charge in [-0.25, -0.2) is 0 Å². The van der Waals surface area contributed by atoms with Crippen molar-refractivity contribution in [2.45, 2.75) is 20.8 Å². The minimum absolute atomic E-state index is 0.155. The molecule has 0 fully saturated rings. The van der Waals surface area contributed by atoms with E-state index in [1.54, 1.807) is 66.7 Å². The van der Waals surface area contributed by atoms with Gasteiger partial charge in [-0.2, -0.15) is 0 Å². The number of aryl methyl sites for hydroxylation is 3. The second kappa shape index (κ2) is 10.8. The molecule has 192 valence electrons. The summed E-state index contributed by atoms with van der Waals surface area (Å²) in [7, 11) is -3.92. The molecule has 0 bridgehead atoms. The lowest BCUT2D eigenvalue weighted by atomic mass is 9.89. The van der Waals surface area contributed by atoms with Crippen molar-refractivity contribution in [2.24, 2.45) is 0 Å². The normalized spacial score (nSPS) is 12.5. The summed E-state index contributed by atoms with van der Waals surface area (Å²) in [5, 5.41) is 0.797. The molecule has 3 nitrogen and oxygen atoms in total. The van der Waals surface area contributed by atoms with Gasteiger partial charge in [-0.05, 0) is 37.5 Å². The van der Waals surface area contributed by atoms with E-state index in [0.717, 1.165) is 22.3 Å². The first kappa shape index (κ1) is 26.3. The van der Waals surface area contributed by atoms with Crippen molar-refractivity contribution in [3.8, 4) is 11.1 Å². The van der Waals surface area contributed by atoms with Crippen LogP contribution in [0.15, 0.2) is 121 Å². The molecule has 5 rings (SSSR count). The van der Waals surface area contributed by atoms with Gasteiger partial charge in [0.25, 0.3) is 0 Å². The average molecular weight is 529 g/mol. The summed E-state index contributed by atoms with van der Waals surface area (Å²) in [4.78, 5) is 28.5. The molecule has 0 saturated heterocycles. The molecule has 5 aromatic rings. The fraction of sp³-hybridized carbons (Fsp3) is 0.0857. The molecular formula is C35H29O3P. The van der Waals surface area contributed by atoms with E-state index >= 15 is 4.57 Å². The zero-order valence-electron chi connectivity index (χ0n) is 22.2. The lowest BCUT2D eigenvalue weighted by Crippen LogP contribution is -2.26. The highest BCUT2D eigenvalue weighted by atomic mass is 31.2. The van der Waals surface area contributed by atoms with Crippen LogP contribution in [0.5, 0.6) is 0 Å². The van der Waals surface area contributed by atoms with E-state index in [1.807, 2.05) is 75.4 Å². The third-order valence-corrected chi connectivity index (χ3v) is 9.93. The third-order valence-electron chi connectivity index (χ3n) is 7.02. The number of rotatable bonds is 7. The SMILES string of the molecule is Cc1cc(C)c(C(=O)c2cccc(P(=O)(C(=O)c3ccccc3)c3ccccc3)c2-c2ccccc2)c(C)c1. The van der Waals surface area contributed by atoms with Crippen molar-refractivity contribution in [3.05, 3.63) is 155 Å². The van der Waals surface area contributed by atoms with Gasteiger partial charge in [-0.15, -0.1) is 0 Å². The van der Waals surface area contributed by atoms with E-state index in [-0.39, 0.29) is 5.78 Å². The van der Waals surface area contributed by atoms with Crippen LogP contribution in [0.25, 0.3) is 11.1 Å². The summed E-state index contributed by atoms with van der Waals surface area (Å²) in [6.07, 6.45) is 0. The minimum Gasteiger partial charge on any atom is -0.305 e. The van der Waals surface area contributed by atoms with Crippen LogP contribution in [0.2, 0.25) is 0 Å². The number of benzene rings is 5. The average Bonchev–Trinajstić information content (AvgIpc) is 2.96. The van der Waals surface area contributed by atoms with Gasteiger partial charge in [0.2, 0.25) is 12.7 Å². The lowest BCUT2D eigenvalue weighted by Gasteiger charge is -2.23. The van der Waals surface area contributed by atoms with Crippen LogP contribution in [0.1, 0.15) is 43.0 Å². The molecule has 0 heterocycles. The quantitative estimate of drug-likeness (QED) is 0.161. The van der Waals surface area contributed by atoms with Gasteiger partial charge in [0.1, 0.15) is 0 Å². The molecule has 0 aliphatic carbocycles. The van der Waals surface area contributed by atoms with Crippen molar-refractivity contribution in [3.63, 3.8) is 0 Å². The first-order valence-corrected chi connectivity index (χ1v) is 14.6. The maximum atomic E-state index is 15.3. The fourth-order valence-electron chi connectivity index (χ4n) is 5.34. The van der Waals surface area contributed by atoms with E-state index in [2.05, 4.69) is 0 Å². The van der Waals surface area contributed by atoms with Gasteiger partial charge in [0.05, 0.1) is 0 Å². The maximum absolute atomic E-state index is 15.3. The lowest BCUT2D eigenvalue weighted by molar-refractivity contribution is 0.103. The molecule has 0 aliphatic rings. The van der Waals surface area contributed by atoms with Crippen LogP contribution >= 0.6 is 7.14 Å². The summed E-state index contributed by atoms with van der Waals surface area (Å²) >= 11 is 0. The van der Waals surface area contributed by atoms with Crippen molar-refractivity contribution >= 4 is 29.1 Å². The topological polar surface area (TPSA) is 51.2 Å². The molecule has 0 radical (unpaired) electrons. The van der Waals surface area contributed by atoms with Crippen molar-refractivity contribution in [1.29, 1.82) is 0 Å². The Bertz CT molecular complexity index is 1700. The molecule has 4 heteroatoms. The van der Waals surface area contributed by atoms with Gasteiger partial charge >= 0.3 is 0 Å². The molecule has 1 atom stereocenters. The van der Waals surface area contributed by atoms with Crippen LogP contribution in [0, 0.1) is 20.8 Å². The highest BCUT2D eigenvalue weighted by Gasteiger charge is 2.39. The molecule has 1 unspecified atom stereocenters. The van der Waals surface area contributed by atoms with Crippen LogP contribution in [0.3, 0.4) is 0 Å². The van der Waals surface area contributed by atoms with Crippen LogP contribution in [0.4, 0.5) is 0 Å². The zero-order valence-corrected chi connectivity index (χ0v) is 23.1. The summed E-state index contributed by atoms with van der Waals surface area (Å²) in [6, 6.07) is 36.3. The van der Waals surface area contributed by atoms with E-state index in [0.29, 0.717) is 32.9 Å². The Labute approximate surface area is 229 Å². The van der Waals surface area contributed by atoms with Crippen molar-refractivity contribution in [2.75, 3.05) is 0 Å². The highest BCUT2D eigenvalue weighted by Crippen LogP contribution is 2.50. The van der Waals surface area contributed by atoms with Gasteiger partial charge in [0, 0.05) is 32.9 Å². The molecular weight excluding hydrogens is 499 g/mol. The Morgan fingerprint density at radius 2 is 1.15 bits per heavy atom. The molecule has 0 saturated carbocycles. The first-order chi connectivity index (χ1) is 18.8. The number of carbonyl (C=O) groups is 2. The number of ketones is 1. The number of carbonyl (C=O) groups excluding carboxylic acids is 2. The Hall–Kier alpha value is -4.33. The number of hydrogen-bond acceptors (Lipinski definition) is 3. The van der Waals surface area contributed by atoms with Gasteiger partial charge in [-0.1, -0.05) is 127 Å². The Morgan fingerprint density at radius 3 is 1.74 bits per heavy atom. The second-order valence-electron chi connectivity index (χ2n) is 9.78. The predicted molar refractivity (Wildman–Crippen MR) is 160 cm³/mol. The van der Waals surface area contributed by atoms with E-state index in [4.69, 9.17) is 0 Å². The minimum atomic E-state index is -3.92. The molecule has 39 heavy (non-hydrogen) atoms. The largest absolute Gasteiger partial charge is 0.305 e. The summed E-state index contributed by atoms with van der Waals surface area (Å²) in [5.41, 5.74) is 5.06. The molecule has 0 spiro atoms. The monoisotopic (exact) mass is 528 g/mol. The molecule has 0 amide bonds. The predicted octanol–water partition coefficient (Wildman–Crippen LogP) is 7.66. The van der Waals surface area contributed by atoms with E-state index < -0.39 is 12.7 Å². The van der Waals surface area contributed by atoms with Gasteiger partial charge in [0.15, 0.2) is 5.78 Å². The van der Waals surface area contributed by atoms with Crippen LogP contribution < -0.4 is 10.6 Å². The Kier molecular flexibility index (Phi) is 7.28. The standard InChI is InChI=1S/C35H29O3P/c1-24-22-25(2)32(26(3)23-24)34(36)30-20-13-21-31(33(30)27-14-7-4-8-15-27)39(38,29-18-11-6-12-19-29)35(37)28-16-9-5-10-17-28/h4-23H,1-3H3. The Morgan fingerprint density at radius 1 is 0.615 bits per heavy atom. The summed E-state index contributed by atoms with van der Waals surface area (Å²) in [5.74, 6) is -0.155. The number of hydrogen-bond donors (Lipinski definition) is 0.